The molecule has 0 saturated carbocycles. The average molecular weight is 322 g/mol. The van der Waals surface area contributed by atoms with Crippen molar-refractivity contribution in [1.29, 1.82) is 0 Å². The van der Waals surface area contributed by atoms with Gasteiger partial charge in [0, 0.05) is 5.88 Å². The first-order valence-corrected chi connectivity index (χ1v) is 8.36. The van der Waals surface area contributed by atoms with Gasteiger partial charge in [-0.25, -0.2) is 9.78 Å². The smallest absolute Gasteiger partial charge is 0.162 e. The SMILES string of the molecule is CCC(C)C1CC[NH+](C(C)(COOCCCl)C(=O)[O-])CC1. The van der Waals surface area contributed by atoms with Crippen molar-refractivity contribution in [2.24, 2.45) is 11.8 Å². The number of carboxylic acid groups (broad SMARTS) is 1. The molecule has 1 N–H and O–H groups in total. The topological polar surface area (TPSA) is 63.0 Å². The standard InChI is InChI=1S/C15H28ClNO4/c1-4-12(2)13-5-8-17(9-6-13)15(3,14(18)19)11-21-20-10-7-16/h12-13H,4-11H2,1-3H3,(H,18,19). The Labute approximate surface area is 132 Å². The van der Waals surface area contributed by atoms with E-state index in [0.29, 0.717) is 17.7 Å². The van der Waals surface area contributed by atoms with Crippen LogP contribution in [0.15, 0.2) is 0 Å². The van der Waals surface area contributed by atoms with E-state index in [-0.39, 0.29) is 13.2 Å². The summed E-state index contributed by atoms with van der Waals surface area (Å²) in [5.74, 6) is 0.617. The van der Waals surface area contributed by atoms with E-state index < -0.39 is 11.5 Å². The number of aliphatic carboxylic acids is 1. The summed E-state index contributed by atoms with van der Waals surface area (Å²) in [6, 6.07) is 0. The van der Waals surface area contributed by atoms with Crippen LogP contribution in [0.4, 0.5) is 0 Å². The number of carbonyl (C=O) groups is 1. The Kier molecular flexibility index (Phi) is 7.95. The molecular weight excluding hydrogens is 294 g/mol. The fourth-order valence-corrected chi connectivity index (χ4v) is 3.06. The Bertz CT molecular complexity index is 321. The minimum Gasteiger partial charge on any atom is -0.544 e. The maximum atomic E-state index is 11.6. The molecule has 6 heteroatoms. The fourth-order valence-electron chi connectivity index (χ4n) is 3.00. The molecule has 1 saturated heterocycles. The molecular formula is C15H28ClNO4. The molecule has 1 fully saturated rings. The molecule has 1 rings (SSSR count). The molecule has 0 aromatic carbocycles. The van der Waals surface area contributed by atoms with Gasteiger partial charge in [-0.1, -0.05) is 20.3 Å². The highest BCUT2D eigenvalue weighted by molar-refractivity contribution is 6.17. The number of carbonyl (C=O) groups excluding carboxylic acids is 1. The lowest BCUT2D eigenvalue weighted by Crippen LogP contribution is -3.23. The predicted molar refractivity (Wildman–Crippen MR) is 78.9 cm³/mol. The van der Waals surface area contributed by atoms with Crippen LogP contribution in [0.25, 0.3) is 0 Å². The monoisotopic (exact) mass is 321 g/mol. The Morgan fingerprint density at radius 2 is 2.05 bits per heavy atom. The van der Waals surface area contributed by atoms with Gasteiger partial charge < -0.3 is 14.8 Å². The second-order valence-corrected chi connectivity index (χ2v) is 6.60. The lowest BCUT2D eigenvalue weighted by atomic mass is 9.82. The summed E-state index contributed by atoms with van der Waals surface area (Å²) in [7, 11) is 0. The number of hydrogen-bond acceptors (Lipinski definition) is 4. The minimum absolute atomic E-state index is 0.0183. The molecule has 2 atom stereocenters. The zero-order chi connectivity index (χ0) is 15.9. The molecule has 0 amide bonds. The van der Waals surface area contributed by atoms with Gasteiger partial charge in [-0.15, -0.1) is 11.6 Å². The van der Waals surface area contributed by atoms with Crippen LogP contribution in [0.5, 0.6) is 0 Å². The van der Waals surface area contributed by atoms with Gasteiger partial charge in [-0.3, -0.25) is 0 Å². The highest BCUT2D eigenvalue weighted by Gasteiger charge is 2.41. The number of piperidine rings is 1. The van der Waals surface area contributed by atoms with Crippen LogP contribution >= 0.6 is 11.6 Å². The number of likely N-dealkylation sites (tertiary alicyclic amines) is 1. The van der Waals surface area contributed by atoms with Crippen molar-refractivity contribution in [3.63, 3.8) is 0 Å². The van der Waals surface area contributed by atoms with Gasteiger partial charge >= 0.3 is 0 Å². The zero-order valence-corrected chi connectivity index (χ0v) is 14.1. The molecule has 0 radical (unpaired) electrons. The van der Waals surface area contributed by atoms with E-state index in [4.69, 9.17) is 21.4 Å². The van der Waals surface area contributed by atoms with Crippen LogP contribution in [0.3, 0.4) is 0 Å². The van der Waals surface area contributed by atoms with Crippen molar-refractivity contribution in [1.82, 2.24) is 0 Å². The third-order valence-corrected chi connectivity index (χ3v) is 5.06. The molecule has 0 aromatic heterocycles. The van der Waals surface area contributed by atoms with Crippen molar-refractivity contribution in [2.75, 3.05) is 32.2 Å². The number of nitrogens with one attached hydrogen (secondary N) is 1. The number of quaternary nitrogens is 1. The number of carboxylic acids is 1. The molecule has 2 unspecified atom stereocenters. The molecule has 0 aromatic rings. The van der Waals surface area contributed by atoms with Crippen molar-refractivity contribution in [3.05, 3.63) is 0 Å². The summed E-state index contributed by atoms with van der Waals surface area (Å²) in [5.41, 5.74) is -1.08. The highest BCUT2D eigenvalue weighted by Crippen LogP contribution is 2.23. The molecule has 1 heterocycles. The van der Waals surface area contributed by atoms with Crippen molar-refractivity contribution in [3.8, 4) is 0 Å². The molecule has 5 nitrogen and oxygen atoms in total. The summed E-state index contributed by atoms with van der Waals surface area (Å²) in [5, 5.41) is 11.6. The molecule has 0 aliphatic carbocycles. The van der Waals surface area contributed by atoms with Gasteiger partial charge in [-0.2, -0.15) is 0 Å². The van der Waals surface area contributed by atoms with Gasteiger partial charge in [0.1, 0.15) is 12.6 Å². The Morgan fingerprint density at radius 3 is 2.52 bits per heavy atom. The Balaban J connectivity index is 2.55. The van der Waals surface area contributed by atoms with Gasteiger partial charge in [0.25, 0.3) is 0 Å². The largest absolute Gasteiger partial charge is 0.544 e. The molecule has 0 spiro atoms. The van der Waals surface area contributed by atoms with E-state index in [1.54, 1.807) is 6.92 Å². The number of halogens is 1. The van der Waals surface area contributed by atoms with E-state index >= 15 is 0 Å². The molecule has 1 aliphatic heterocycles. The maximum Gasteiger partial charge on any atom is 0.162 e. The first-order valence-electron chi connectivity index (χ1n) is 7.82. The van der Waals surface area contributed by atoms with Crippen molar-refractivity contribution < 1.29 is 24.6 Å². The summed E-state index contributed by atoms with van der Waals surface area (Å²) in [6.07, 6.45) is 3.28. The predicted octanol–water partition coefficient (Wildman–Crippen LogP) is 0.0230. The quantitative estimate of drug-likeness (QED) is 0.281. The van der Waals surface area contributed by atoms with E-state index in [0.717, 1.165) is 30.8 Å². The van der Waals surface area contributed by atoms with Gasteiger partial charge in [-0.05, 0) is 31.6 Å². The summed E-state index contributed by atoms with van der Waals surface area (Å²) in [4.78, 5) is 22.5. The second kappa shape index (κ2) is 8.93. The summed E-state index contributed by atoms with van der Waals surface area (Å²) < 4.78 is 0. The van der Waals surface area contributed by atoms with Crippen LogP contribution < -0.4 is 10.0 Å². The lowest BCUT2D eigenvalue weighted by molar-refractivity contribution is -0.950. The van der Waals surface area contributed by atoms with Crippen LogP contribution in [0.1, 0.15) is 40.0 Å². The number of hydrogen-bond donors (Lipinski definition) is 1. The Morgan fingerprint density at radius 1 is 1.43 bits per heavy atom. The van der Waals surface area contributed by atoms with E-state index in [1.165, 1.54) is 6.42 Å². The summed E-state index contributed by atoms with van der Waals surface area (Å²) in [6.45, 7) is 8.04. The third-order valence-electron chi connectivity index (χ3n) is 4.90. The fraction of sp³-hybridized carbons (Fsp3) is 0.933. The maximum absolute atomic E-state index is 11.6. The highest BCUT2D eigenvalue weighted by atomic mass is 35.5. The van der Waals surface area contributed by atoms with Gasteiger partial charge in [0.05, 0.1) is 19.7 Å². The van der Waals surface area contributed by atoms with Crippen LogP contribution in [0.2, 0.25) is 0 Å². The first kappa shape index (κ1) is 18.7. The molecule has 21 heavy (non-hydrogen) atoms. The molecule has 1 aliphatic rings. The summed E-state index contributed by atoms with van der Waals surface area (Å²) >= 11 is 5.48. The van der Waals surface area contributed by atoms with Crippen LogP contribution in [-0.4, -0.2) is 43.7 Å². The Hall–Kier alpha value is -0.360. The van der Waals surface area contributed by atoms with E-state index in [9.17, 15) is 9.90 Å². The normalized spacial score (nSPS) is 27.0. The third kappa shape index (κ3) is 5.09. The van der Waals surface area contributed by atoms with Gasteiger partial charge in [0.15, 0.2) is 5.54 Å². The minimum atomic E-state index is -1.09. The molecule has 0 bridgehead atoms. The first-order chi connectivity index (χ1) is 9.95. The van der Waals surface area contributed by atoms with Crippen molar-refractivity contribution in [2.45, 2.75) is 45.6 Å². The number of rotatable bonds is 9. The van der Waals surface area contributed by atoms with Crippen molar-refractivity contribution >= 4 is 17.6 Å². The van der Waals surface area contributed by atoms with E-state index in [1.807, 2.05) is 0 Å². The lowest BCUT2D eigenvalue weighted by Gasteiger charge is -2.42. The van der Waals surface area contributed by atoms with Crippen LogP contribution in [0, 0.1) is 11.8 Å². The second-order valence-electron chi connectivity index (χ2n) is 6.22. The van der Waals surface area contributed by atoms with Crippen LogP contribution in [-0.2, 0) is 14.6 Å². The van der Waals surface area contributed by atoms with E-state index in [2.05, 4.69) is 13.8 Å². The van der Waals surface area contributed by atoms with Gasteiger partial charge in [0.2, 0.25) is 0 Å². The average Bonchev–Trinajstić information content (AvgIpc) is 2.50. The molecule has 124 valence electrons. The zero-order valence-electron chi connectivity index (χ0n) is 13.3. The number of alkyl halides is 1.